The molecule has 1 heterocycles. The van der Waals surface area contributed by atoms with Crippen LogP contribution in [0.3, 0.4) is 0 Å². The van der Waals surface area contributed by atoms with Gasteiger partial charge in [-0.25, -0.2) is 0 Å². The van der Waals surface area contributed by atoms with E-state index < -0.39 is 59.9 Å². The summed E-state index contributed by atoms with van der Waals surface area (Å²) >= 11 is 0. The summed E-state index contributed by atoms with van der Waals surface area (Å²) in [7, 11) is 0. The lowest BCUT2D eigenvalue weighted by atomic mass is 10.0. The number of rotatable bonds is 21. The summed E-state index contributed by atoms with van der Waals surface area (Å²) < 4.78 is 0. The van der Waals surface area contributed by atoms with Crippen molar-refractivity contribution in [2.24, 2.45) is 28.1 Å². The van der Waals surface area contributed by atoms with Crippen molar-refractivity contribution in [2.45, 2.75) is 115 Å². The number of hydrogen-bond acceptors (Lipinski definition) is 9. The van der Waals surface area contributed by atoms with Crippen molar-refractivity contribution in [3.63, 3.8) is 0 Å². The number of hydrogen-bond donors (Lipinski definition) is 9. The van der Waals surface area contributed by atoms with Gasteiger partial charge in [-0.15, -0.1) is 0 Å². The first-order valence-corrected chi connectivity index (χ1v) is 15.7. The van der Waals surface area contributed by atoms with Gasteiger partial charge in [0.15, 0.2) is 5.96 Å². The van der Waals surface area contributed by atoms with E-state index in [4.69, 9.17) is 17.2 Å². The molecule has 0 aliphatic carbocycles. The van der Waals surface area contributed by atoms with E-state index in [2.05, 4.69) is 36.9 Å². The van der Waals surface area contributed by atoms with Gasteiger partial charge in [-0.05, 0) is 84.2 Å². The molecule has 0 saturated carbocycles. The number of nitrogens with zero attached hydrogens (tertiary/aromatic N) is 1. The quantitative estimate of drug-likeness (QED) is 0.0279. The average molecular weight is 639 g/mol. The van der Waals surface area contributed by atoms with Crippen LogP contribution in [0.25, 0.3) is 0 Å². The molecule has 0 spiro atoms. The van der Waals surface area contributed by atoms with Crippen LogP contribution in [0.1, 0.15) is 79.1 Å². The number of amides is 5. The van der Waals surface area contributed by atoms with Crippen LogP contribution in [0.15, 0.2) is 4.99 Å². The Morgan fingerprint density at radius 2 is 1.42 bits per heavy atom. The normalized spacial score (nSPS) is 17.6. The molecule has 0 aromatic rings. The summed E-state index contributed by atoms with van der Waals surface area (Å²) in [5, 5.41) is 16.4. The monoisotopic (exact) mass is 638 g/mol. The maximum Gasteiger partial charge on any atom is 0.243 e. The fraction of sp³-hybridized carbons (Fsp3) is 0.759. The molecule has 16 nitrogen and oxygen atoms in total. The van der Waals surface area contributed by atoms with Gasteiger partial charge in [-0.3, -0.25) is 29.0 Å². The molecule has 5 amide bonds. The molecule has 1 saturated heterocycles. The molecule has 0 radical (unpaired) electrons. The third kappa shape index (κ3) is 15.7. The number of aldehydes is 1. The highest BCUT2D eigenvalue weighted by Crippen LogP contribution is 2.09. The lowest BCUT2D eigenvalue weighted by Crippen LogP contribution is -2.58. The number of carbonyl (C=O) groups excluding carboxylic acids is 6. The average Bonchev–Trinajstić information content (AvgIpc) is 3.52. The van der Waals surface area contributed by atoms with Crippen molar-refractivity contribution in [1.29, 1.82) is 0 Å². The Morgan fingerprint density at radius 1 is 0.822 bits per heavy atom. The molecule has 1 aliphatic rings. The van der Waals surface area contributed by atoms with Crippen LogP contribution in [0.2, 0.25) is 0 Å². The molecule has 0 aromatic carbocycles. The van der Waals surface area contributed by atoms with Crippen LogP contribution < -0.4 is 49.1 Å². The zero-order chi connectivity index (χ0) is 33.9. The predicted molar refractivity (Wildman–Crippen MR) is 170 cm³/mol. The molecule has 256 valence electrons. The van der Waals surface area contributed by atoms with Crippen LogP contribution in [0.4, 0.5) is 0 Å². The van der Waals surface area contributed by atoms with E-state index in [-0.39, 0.29) is 37.2 Å². The van der Waals surface area contributed by atoms with Crippen molar-refractivity contribution in [3.05, 3.63) is 0 Å². The van der Waals surface area contributed by atoms with Gasteiger partial charge in [0.05, 0.1) is 12.1 Å². The lowest BCUT2D eigenvalue weighted by Gasteiger charge is -2.26. The van der Waals surface area contributed by atoms with Gasteiger partial charge in [0.1, 0.15) is 30.5 Å². The maximum absolute atomic E-state index is 13.4. The second-order valence-corrected chi connectivity index (χ2v) is 11.9. The van der Waals surface area contributed by atoms with Gasteiger partial charge in [0.2, 0.25) is 29.5 Å². The number of aliphatic imine (C=N–C) groups is 1. The smallest absolute Gasteiger partial charge is 0.243 e. The first kappa shape index (κ1) is 39.2. The fourth-order valence-electron chi connectivity index (χ4n) is 4.73. The van der Waals surface area contributed by atoms with Crippen molar-refractivity contribution in [1.82, 2.24) is 31.9 Å². The number of nitrogens with one attached hydrogen (secondary N) is 6. The Hall–Kier alpha value is -3.79. The predicted octanol–water partition coefficient (Wildman–Crippen LogP) is -2.37. The van der Waals surface area contributed by atoms with E-state index in [1.807, 2.05) is 13.8 Å². The summed E-state index contributed by atoms with van der Waals surface area (Å²) in [4.78, 5) is 80.2. The Balaban J connectivity index is 3.00. The molecule has 0 bridgehead atoms. The van der Waals surface area contributed by atoms with E-state index in [0.29, 0.717) is 51.5 Å². The molecule has 45 heavy (non-hydrogen) atoms. The van der Waals surface area contributed by atoms with Crippen molar-refractivity contribution < 1.29 is 28.8 Å². The molecule has 6 atom stereocenters. The molecule has 1 aliphatic heterocycles. The summed E-state index contributed by atoms with van der Waals surface area (Å²) in [6, 6.07) is -5.09. The van der Waals surface area contributed by atoms with Gasteiger partial charge >= 0.3 is 0 Å². The summed E-state index contributed by atoms with van der Waals surface area (Å²) in [5.74, 6) is -2.63. The molecule has 0 aromatic heterocycles. The second-order valence-electron chi connectivity index (χ2n) is 11.9. The minimum atomic E-state index is -1.05. The van der Waals surface area contributed by atoms with Gasteiger partial charge < -0.3 is 53.9 Å². The minimum absolute atomic E-state index is 0.0528. The van der Waals surface area contributed by atoms with Gasteiger partial charge in [0, 0.05) is 6.54 Å². The summed E-state index contributed by atoms with van der Waals surface area (Å²) in [6.45, 7) is 8.10. The molecule has 12 N–H and O–H groups in total. The Bertz CT molecular complexity index is 1010. The number of guanidine groups is 1. The summed E-state index contributed by atoms with van der Waals surface area (Å²) in [5.41, 5.74) is 16.4. The lowest BCUT2D eigenvalue weighted by molar-refractivity contribution is -0.135. The minimum Gasteiger partial charge on any atom is -0.370 e. The highest BCUT2D eigenvalue weighted by Gasteiger charge is 2.31. The highest BCUT2D eigenvalue weighted by atomic mass is 16.2. The van der Waals surface area contributed by atoms with Crippen molar-refractivity contribution in [3.8, 4) is 0 Å². The Morgan fingerprint density at radius 3 is 2.00 bits per heavy atom. The van der Waals surface area contributed by atoms with Crippen molar-refractivity contribution >= 4 is 41.8 Å². The molecule has 1 fully saturated rings. The van der Waals surface area contributed by atoms with Gasteiger partial charge in [-0.2, -0.15) is 0 Å². The number of carbonyl (C=O) groups is 6. The Kier molecular flexibility index (Phi) is 18.3. The summed E-state index contributed by atoms with van der Waals surface area (Å²) in [6.07, 6.45) is 4.37. The third-order valence-corrected chi connectivity index (χ3v) is 7.20. The van der Waals surface area contributed by atoms with E-state index >= 15 is 0 Å². The Labute approximate surface area is 265 Å². The number of unbranched alkanes of at least 4 members (excludes halogenated alkanes) is 1. The molecule has 1 rings (SSSR count). The van der Waals surface area contributed by atoms with Gasteiger partial charge in [0.25, 0.3) is 0 Å². The first-order chi connectivity index (χ1) is 21.3. The third-order valence-electron chi connectivity index (χ3n) is 7.20. The van der Waals surface area contributed by atoms with Crippen LogP contribution in [-0.4, -0.2) is 97.7 Å². The molecule has 16 heteroatoms. The highest BCUT2D eigenvalue weighted by molar-refractivity contribution is 5.96. The number of nitrogens with two attached hydrogens (primary N) is 3. The van der Waals surface area contributed by atoms with E-state index in [9.17, 15) is 28.8 Å². The fourth-order valence-corrected chi connectivity index (χ4v) is 4.73. The largest absolute Gasteiger partial charge is 0.370 e. The van der Waals surface area contributed by atoms with Crippen molar-refractivity contribution in [2.75, 3.05) is 19.6 Å². The van der Waals surface area contributed by atoms with E-state index in [1.165, 1.54) is 13.8 Å². The SMILES string of the molecule is CC(C)C[C@H](NC(=O)[C@H](C)NC(=O)[C@H](CCCCN)NC(=O)[C@H](CCCN=C(N)N)NC(=O)[C@@H]1CCCN1)C(=O)N[C@@H](C)C=O. The zero-order valence-electron chi connectivity index (χ0n) is 27.0. The standard InChI is InChI=1S/C29H54N10O6/c1-17(2)15-23(28(45)35-18(3)16-40)39-24(41)19(4)36-26(43)21(9-5-6-12-30)38-27(44)22(11-8-14-34-29(31)32)37-25(42)20-10-7-13-33-20/h16-23,33H,5-15,30H2,1-4H3,(H,35,45)(H,36,43)(H,37,42)(H,38,44)(H,39,41)(H4,31,32,34)/t18-,19-,20-,21-,22-,23-/m0/s1. The molecular formula is C29H54N10O6. The van der Waals surface area contributed by atoms with Crippen LogP contribution >= 0.6 is 0 Å². The topological polar surface area (TPSA) is 265 Å². The van der Waals surface area contributed by atoms with Gasteiger partial charge in [-0.1, -0.05) is 13.8 Å². The van der Waals surface area contributed by atoms with E-state index in [1.54, 1.807) is 0 Å². The van der Waals surface area contributed by atoms with Crippen LogP contribution in [0, 0.1) is 5.92 Å². The van der Waals surface area contributed by atoms with E-state index in [0.717, 1.165) is 6.42 Å². The molecular weight excluding hydrogens is 584 g/mol. The van der Waals surface area contributed by atoms with Crippen LogP contribution in [-0.2, 0) is 28.8 Å². The first-order valence-electron chi connectivity index (χ1n) is 15.7. The zero-order valence-corrected chi connectivity index (χ0v) is 27.0. The van der Waals surface area contributed by atoms with Crippen LogP contribution in [0.5, 0.6) is 0 Å². The molecule has 0 unspecified atom stereocenters. The second kappa shape index (κ2) is 21.0. The maximum atomic E-state index is 13.4.